The van der Waals surface area contributed by atoms with Gasteiger partial charge in [0.15, 0.2) is 0 Å². The van der Waals surface area contributed by atoms with Crippen LogP contribution in [0.1, 0.15) is 19.4 Å². The van der Waals surface area contributed by atoms with Crippen LogP contribution in [0.2, 0.25) is 0 Å². The molecule has 1 unspecified atom stereocenters. The number of carbonyl (C=O) groups excluding carboxylic acids is 2. The Bertz CT molecular complexity index is 820. The summed E-state index contributed by atoms with van der Waals surface area (Å²) in [5.74, 6) is 0.629. The van der Waals surface area contributed by atoms with Crippen molar-refractivity contribution in [1.82, 2.24) is 4.90 Å². The Morgan fingerprint density at radius 1 is 1.19 bits per heavy atom. The largest absolute Gasteiger partial charge is 0.494 e. The van der Waals surface area contributed by atoms with E-state index in [1.165, 1.54) is 0 Å². The first-order chi connectivity index (χ1) is 13.0. The number of rotatable bonds is 4. The minimum atomic E-state index is -0.542. The number of aryl methyl sites for hydroxylation is 1. The van der Waals surface area contributed by atoms with Crippen molar-refractivity contribution >= 4 is 23.3 Å². The molecule has 2 aromatic rings. The first kappa shape index (κ1) is 18.8. The second-order valence-corrected chi connectivity index (χ2v) is 6.59. The Hall–Kier alpha value is -3.02. The molecule has 142 valence electrons. The summed E-state index contributed by atoms with van der Waals surface area (Å²) in [6.45, 7) is 7.15. The maximum Gasteiger partial charge on any atom is 0.322 e. The molecule has 1 atom stereocenters. The van der Waals surface area contributed by atoms with Gasteiger partial charge in [-0.25, -0.2) is 4.79 Å². The summed E-state index contributed by atoms with van der Waals surface area (Å²) in [5.41, 5.74) is 2.63. The standard InChI is InChI=1S/C21H25N3O3/c1-4-27-19-7-5-6-18(14-19)24-13-12-23(16(3)20(24)25)21(26)22-17-10-8-15(2)9-11-17/h5-11,14,16H,4,12-13H2,1-3H3,(H,22,26). The third-order valence-electron chi connectivity index (χ3n) is 4.66. The Balaban J connectivity index is 1.69. The van der Waals surface area contributed by atoms with Crippen molar-refractivity contribution in [3.05, 3.63) is 54.1 Å². The molecule has 0 bridgehead atoms. The molecule has 0 aliphatic carbocycles. The van der Waals surface area contributed by atoms with E-state index < -0.39 is 6.04 Å². The molecule has 0 radical (unpaired) electrons. The highest BCUT2D eigenvalue weighted by Crippen LogP contribution is 2.25. The maximum atomic E-state index is 12.9. The number of ether oxygens (including phenoxy) is 1. The summed E-state index contributed by atoms with van der Waals surface area (Å²) in [5, 5.41) is 2.87. The zero-order chi connectivity index (χ0) is 19.4. The third-order valence-corrected chi connectivity index (χ3v) is 4.66. The summed E-state index contributed by atoms with van der Waals surface area (Å²) >= 11 is 0. The summed E-state index contributed by atoms with van der Waals surface area (Å²) < 4.78 is 5.52. The SMILES string of the molecule is CCOc1cccc(N2CCN(C(=O)Nc3ccc(C)cc3)C(C)C2=O)c1. The minimum Gasteiger partial charge on any atom is -0.494 e. The zero-order valence-electron chi connectivity index (χ0n) is 15.9. The van der Waals surface area contributed by atoms with Gasteiger partial charge in [0.2, 0.25) is 5.91 Å². The van der Waals surface area contributed by atoms with Crippen LogP contribution < -0.4 is 15.0 Å². The van der Waals surface area contributed by atoms with E-state index in [0.29, 0.717) is 19.7 Å². The molecule has 27 heavy (non-hydrogen) atoms. The molecule has 0 aromatic heterocycles. The molecule has 0 spiro atoms. The zero-order valence-corrected chi connectivity index (χ0v) is 15.9. The molecule has 1 N–H and O–H groups in total. The van der Waals surface area contributed by atoms with Crippen molar-refractivity contribution in [2.75, 3.05) is 29.9 Å². The van der Waals surface area contributed by atoms with Gasteiger partial charge in [-0.1, -0.05) is 23.8 Å². The quantitative estimate of drug-likeness (QED) is 0.897. The van der Waals surface area contributed by atoms with Crippen LogP contribution in [0.15, 0.2) is 48.5 Å². The van der Waals surface area contributed by atoms with E-state index in [4.69, 9.17) is 4.74 Å². The van der Waals surface area contributed by atoms with E-state index in [-0.39, 0.29) is 11.9 Å². The van der Waals surface area contributed by atoms with Crippen LogP contribution in [-0.4, -0.2) is 42.6 Å². The molecular formula is C21H25N3O3. The van der Waals surface area contributed by atoms with Crippen LogP contribution in [0.4, 0.5) is 16.2 Å². The Morgan fingerprint density at radius 3 is 2.63 bits per heavy atom. The van der Waals surface area contributed by atoms with Crippen molar-refractivity contribution in [1.29, 1.82) is 0 Å². The van der Waals surface area contributed by atoms with Crippen molar-refractivity contribution < 1.29 is 14.3 Å². The molecule has 1 heterocycles. The lowest BCUT2D eigenvalue weighted by Crippen LogP contribution is -2.58. The highest BCUT2D eigenvalue weighted by Gasteiger charge is 2.35. The van der Waals surface area contributed by atoms with E-state index in [1.54, 1.807) is 16.7 Å². The Morgan fingerprint density at radius 2 is 1.93 bits per heavy atom. The van der Waals surface area contributed by atoms with Gasteiger partial charge < -0.3 is 19.9 Å². The summed E-state index contributed by atoms with van der Waals surface area (Å²) in [4.78, 5) is 28.8. The van der Waals surface area contributed by atoms with Crippen LogP contribution in [0.5, 0.6) is 5.75 Å². The number of nitrogens with one attached hydrogen (secondary N) is 1. The van der Waals surface area contributed by atoms with Crippen molar-refractivity contribution in [2.45, 2.75) is 26.8 Å². The van der Waals surface area contributed by atoms with E-state index in [1.807, 2.05) is 62.4 Å². The smallest absolute Gasteiger partial charge is 0.322 e. The van der Waals surface area contributed by atoms with Gasteiger partial charge in [-0.05, 0) is 45.0 Å². The van der Waals surface area contributed by atoms with Gasteiger partial charge in [0.1, 0.15) is 11.8 Å². The molecule has 1 saturated heterocycles. The molecule has 3 amide bonds. The number of amides is 3. The van der Waals surface area contributed by atoms with Crippen LogP contribution in [-0.2, 0) is 4.79 Å². The maximum absolute atomic E-state index is 12.9. The monoisotopic (exact) mass is 367 g/mol. The number of anilines is 2. The molecule has 0 saturated carbocycles. The first-order valence-electron chi connectivity index (χ1n) is 9.18. The molecule has 6 nitrogen and oxygen atoms in total. The van der Waals surface area contributed by atoms with Crippen molar-refractivity contribution in [2.24, 2.45) is 0 Å². The Kier molecular flexibility index (Phi) is 5.64. The molecule has 3 rings (SSSR count). The predicted octanol–water partition coefficient (Wildman–Crippen LogP) is 3.66. The Labute approximate surface area is 159 Å². The number of hydrogen-bond donors (Lipinski definition) is 1. The van der Waals surface area contributed by atoms with Gasteiger partial charge in [0, 0.05) is 30.5 Å². The van der Waals surface area contributed by atoms with Crippen molar-refractivity contribution in [3.63, 3.8) is 0 Å². The van der Waals surface area contributed by atoms with Gasteiger partial charge >= 0.3 is 6.03 Å². The number of urea groups is 1. The average Bonchev–Trinajstić information content (AvgIpc) is 2.66. The van der Waals surface area contributed by atoms with Gasteiger partial charge in [-0.3, -0.25) is 4.79 Å². The van der Waals surface area contributed by atoms with E-state index in [9.17, 15) is 9.59 Å². The van der Waals surface area contributed by atoms with Gasteiger partial charge in [0.05, 0.1) is 6.61 Å². The number of piperazine rings is 1. The first-order valence-corrected chi connectivity index (χ1v) is 9.18. The number of hydrogen-bond acceptors (Lipinski definition) is 3. The predicted molar refractivity (Wildman–Crippen MR) is 106 cm³/mol. The third kappa shape index (κ3) is 4.22. The second-order valence-electron chi connectivity index (χ2n) is 6.59. The number of nitrogens with zero attached hydrogens (tertiary/aromatic N) is 2. The van der Waals surface area contributed by atoms with Crippen molar-refractivity contribution in [3.8, 4) is 5.75 Å². The lowest BCUT2D eigenvalue weighted by atomic mass is 10.1. The summed E-state index contributed by atoms with van der Waals surface area (Å²) in [6.07, 6.45) is 0. The van der Waals surface area contributed by atoms with Crippen LogP contribution in [0.25, 0.3) is 0 Å². The van der Waals surface area contributed by atoms with Crippen LogP contribution >= 0.6 is 0 Å². The summed E-state index contributed by atoms with van der Waals surface area (Å²) in [7, 11) is 0. The van der Waals surface area contributed by atoms with Gasteiger partial charge in [0.25, 0.3) is 0 Å². The van der Waals surface area contributed by atoms with E-state index in [0.717, 1.165) is 22.7 Å². The van der Waals surface area contributed by atoms with Gasteiger partial charge in [-0.2, -0.15) is 0 Å². The fourth-order valence-corrected chi connectivity index (χ4v) is 3.14. The molecule has 2 aromatic carbocycles. The average molecular weight is 367 g/mol. The summed E-state index contributed by atoms with van der Waals surface area (Å²) in [6, 6.07) is 14.3. The number of benzene rings is 2. The molecule has 6 heteroatoms. The minimum absolute atomic E-state index is 0.103. The van der Waals surface area contributed by atoms with Gasteiger partial charge in [-0.15, -0.1) is 0 Å². The lowest BCUT2D eigenvalue weighted by molar-refractivity contribution is -0.123. The fourth-order valence-electron chi connectivity index (χ4n) is 3.14. The van der Waals surface area contributed by atoms with Crippen LogP contribution in [0.3, 0.4) is 0 Å². The highest BCUT2D eigenvalue weighted by molar-refractivity contribution is 6.01. The molecule has 1 aliphatic heterocycles. The van der Waals surface area contributed by atoms with E-state index >= 15 is 0 Å². The highest BCUT2D eigenvalue weighted by atomic mass is 16.5. The normalized spacial score (nSPS) is 17.0. The van der Waals surface area contributed by atoms with Crippen LogP contribution in [0, 0.1) is 6.92 Å². The second kappa shape index (κ2) is 8.12. The van der Waals surface area contributed by atoms with E-state index in [2.05, 4.69) is 5.32 Å². The topological polar surface area (TPSA) is 61.9 Å². The molecule has 1 aliphatic rings. The number of carbonyl (C=O) groups is 2. The fraction of sp³-hybridized carbons (Fsp3) is 0.333. The molecule has 1 fully saturated rings. The lowest BCUT2D eigenvalue weighted by Gasteiger charge is -2.39. The molecular weight excluding hydrogens is 342 g/mol.